The fourth-order valence-corrected chi connectivity index (χ4v) is 9.50. The number of nitrogens with one attached hydrogen (secondary N) is 1. The van der Waals surface area contributed by atoms with Gasteiger partial charge in [-0.25, -0.2) is 0 Å². The summed E-state index contributed by atoms with van der Waals surface area (Å²) in [5.41, 5.74) is 0. The molecule has 0 saturated carbocycles. The molecule has 0 aliphatic carbocycles. The number of hydrogen-bond acceptors (Lipinski definition) is 10. The summed E-state index contributed by atoms with van der Waals surface area (Å²) in [6.07, 6.45) is 76.0. The number of aliphatic hydroxyl groups is 5. The number of aliphatic hydroxyl groups excluding tert-OH is 5. The average molecular weight is 1180 g/mol. The molecule has 0 bridgehead atoms. The number of rotatable bonds is 55. The molecule has 1 heterocycles. The Morgan fingerprint density at radius 1 is 0.471 bits per heavy atom. The van der Waals surface area contributed by atoms with Crippen LogP contribution >= 0.6 is 0 Å². The van der Waals surface area contributed by atoms with Gasteiger partial charge in [0.05, 0.1) is 25.4 Å². The molecule has 1 saturated heterocycles. The normalized spacial score (nSPS) is 19.4. The van der Waals surface area contributed by atoms with Crippen molar-refractivity contribution in [2.45, 2.75) is 294 Å². The Kier molecular flexibility index (Phi) is 55.3. The van der Waals surface area contributed by atoms with Gasteiger partial charge in [-0.2, -0.15) is 0 Å². The van der Waals surface area contributed by atoms with Gasteiger partial charge < -0.3 is 45.1 Å². The number of unbranched alkanes of at least 4 members (excludes halogenated alkanes) is 19. The lowest BCUT2D eigenvalue weighted by atomic mass is 9.99. The van der Waals surface area contributed by atoms with Gasteiger partial charge in [-0.3, -0.25) is 9.59 Å². The number of hydrogen-bond donors (Lipinski definition) is 6. The van der Waals surface area contributed by atoms with Crippen molar-refractivity contribution in [3.8, 4) is 0 Å². The van der Waals surface area contributed by atoms with E-state index in [1.165, 1.54) is 57.8 Å². The minimum Gasteiger partial charge on any atom is -0.454 e. The summed E-state index contributed by atoms with van der Waals surface area (Å²) in [4.78, 5) is 26.6. The monoisotopic (exact) mass is 1180 g/mol. The van der Waals surface area contributed by atoms with Crippen molar-refractivity contribution >= 4 is 11.9 Å². The second kappa shape index (κ2) is 59.9. The van der Waals surface area contributed by atoms with Crippen molar-refractivity contribution in [3.63, 3.8) is 0 Å². The lowest BCUT2D eigenvalue weighted by molar-refractivity contribution is -0.305. The highest BCUT2D eigenvalue weighted by atomic mass is 16.7. The van der Waals surface area contributed by atoms with E-state index in [0.29, 0.717) is 12.8 Å². The standard InChI is InChI=1S/C74H121NO10/c1-4-7-10-13-16-19-22-24-26-28-30-31-32-33-34-35-36-37-38-40-42-44-47-50-53-56-59-62-69(79)85-72-71(81)70(80)68(63-76)84-74(72)83-64-65(66(77)60-57-54-51-48-45-21-18-15-12-9-6-3)75-73(82)67(78)61-58-55-52-49-46-43-41-39-29-27-25-23-20-17-14-11-8-5-2/h7-8,10-11,16-17,19-20,24-27,30-31,33-34,36-37,39,41,46,49,57,60,65-68,70-72,74,76-78,80-81H,4-6,9,12-15,18,21-23,28-29,32,35,38,40,42-45,47-48,50-56,58-59,61-64H2,1-3H3,(H,75,82)/b10-7-,11-8-,19-16-,20-17-,26-24-,27-25-,31-30-,34-33-,37-36-,41-39-,49-46-,60-57+. The van der Waals surface area contributed by atoms with Crippen LogP contribution in [-0.2, 0) is 23.8 Å². The second-order valence-corrected chi connectivity index (χ2v) is 22.4. The highest BCUT2D eigenvalue weighted by Gasteiger charge is 2.47. The van der Waals surface area contributed by atoms with E-state index in [4.69, 9.17) is 14.2 Å². The zero-order valence-electron chi connectivity index (χ0n) is 53.4. The van der Waals surface area contributed by atoms with E-state index < -0.39 is 67.4 Å². The molecule has 6 N–H and O–H groups in total. The van der Waals surface area contributed by atoms with Crippen LogP contribution in [0.2, 0.25) is 0 Å². The zero-order chi connectivity index (χ0) is 61.7. The van der Waals surface area contributed by atoms with Crippen LogP contribution in [-0.4, -0.2) is 99.6 Å². The maximum absolute atomic E-state index is 13.4. The smallest absolute Gasteiger partial charge is 0.306 e. The van der Waals surface area contributed by atoms with Crippen LogP contribution in [0.15, 0.2) is 146 Å². The molecular formula is C74H121NO10. The first kappa shape index (κ1) is 78.6. The molecule has 0 spiro atoms. The molecule has 85 heavy (non-hydrogen) atoms. The van der Waals surface area contributed by atoms with Crippen molar-refractivity contribution < 1.29 is 49.3 Å². The summed E-state index contributed by atoms with van der Waals surface area (Å²) in [5.74, 6) is -1.25. The maximum atomic E-state index is 13.4. The Morgan fingerprint density at radius 3 is 1.27 bits per heavy atom. The van der Waals surface area contributed by atoms with E-state index in [9.17, 15) is 35.1 Å². The molecule has 0 aromatic heterocycles. The summed E-state index contributed by atoms with van der Waals surface area (Å²) in [7, 11) is 0. The topological polar surface area (TPSA) is 175 Å². The van der Waals surface area contributed by atoms with Crippen molar-refractivity contribution in [1.29, 1.82) is 0 Å². The van der Waals surface area contributed by atoms with Crippen LogP contribution in [0.1, 0.15) is 245 Å². The van der Waals surface area contributed by atoms with E-state index in [0.717, 1.165) is 141 Å². The second-order valence-electron chi connectivity index (χ2n) is 22.4. The van der Waals surface area contributed by atoms with Gasteiger partial charge in [0.2, 0.25) is 5.91 Å². The minimum atomic E-state index is -1.63. The number of amides is 1. The average Bonchev–Trinajstić information content (AvgIpc) is 2.92. The number of allylic oxidation sites excluding steroid dienone is 23. The van der Waals surface area contributed by atoms with E-state index in [2.05, 4.69) is 160 Å². The molecule has 1 aliphatic rings. The van der Waals surface area contributed by atoms with Crippen LogP contribution in [0.4, 0.5) is 0 Å². The lowest BCUT2D eigenvalue weighted by Crippen LogP contribution is -2.61. The number of carbonyl (C=O) groups excluding carboxylic acids is 2. The Labute approximate surface area is 517 Å². The summed E-state index contributed by atoms with van der Waals surface area (Å²) < 4.78 is 17.6. The van der Waals surface area contributed by atoms with E-state index in [1.807, 2.05) is 6.08 Å². The first-order valence-corrected chi connectivity index (χ1v) is 33.6. The Morgan fingerprint density at radius 2 is 0.847 bits per heavy atom. The van der Waals surface area contributed by atoms with Crippen LogP contribution in [0.5, 0.6) is 0 Å². The first-order chi connectivity index (χ1) is 41.7. The van der Waals surface area contributed by atoms with Gasteiger partial charge in [0.25, 0.3) is 0 Å². The Hall–Kier alpha value is -4.46. The summed E-state index contributed by atoms with van der Waals surface area (Å²) in [6, 6.07) is -1.05. The van der Waals surface area contributed by atoms with Crippen molar-refractivity contribution in [3.05, 3.63) is 146 Å². The molecule has 0 aromatic rings. The van der Waals surface area contributed by atoms with E-state index in [-0.39, 0.29) is 19.4 Å². The minimum absolute atomic E-state index is 0.1000. The Balaban J connectivity index is 2.61. The van der Waals surface area contributed by atoms with E-state index in [1.54, 1.807) is 6.08 Å². The highest BCUT2D eigenvalue weighted by molar-refractivity contribution is 5.80. The van der Waals surface area contributed by atoms with Gasteiger partial charge >= 0.3 is 5.97 Å². The fraction of sp³-hybridized carbons (Fsp3) is 0.649. The van der Waals surface area contributed by atoms with Gasteiger partial charge in [-0.05, 0) is 122 Å². The Bertz CT molecular complexity index is 1940. The zero-order valence-corrected chi connectivity index (χ0v) is 53.4. The SMILES string of the molecule is CC/C=C\C/C=C\C/C=C\C/C=C\C/C=C\C/C=C\CCCCCCCCCCC(=O)OC1C(OCC(NC(=O)C(O)CCCC/C=C\C/C=C\C/C=C\C/C=C\C/C=C\CC)C(O)/C=C/CCCCCCCCCCC)OC(CO)C(O)C1O. The van der Waals surface area contributed by atoms with Crippen LogP contribution in [0.3, 0.4) is 0 Å². The quantitative estimate of drug-likeness (QED) is 0.0195. The van der Waals surface area contributed by atoms with Gasteiger partial charge in [-0.15, -0.1) is 0 Å². The van der Waals surface area contributed by atoms with Crippen LogP contribution in [0.25, 0.3) is 0 Å². The molecule has 1 amide bonds. The van der Waals surface area contributed by atoms with Gasteiger partial charge in [0.1, 0.15) is 24.4 Å². The van der Waals surface area contributed by atoms with E-state index >= 15 is 0 Å². The van der Waals surface area contributed by atoms with Crippen molar-refractivity contribution in [1.82, 2.24) is 5.32 Å². The molecule has 0 radical (unpaired) electrons. The predicted octanol–water partition coefficient (Wildman–Crippen LogP) is 16.9. The molecule has 1 fully saturated rings. The van der Waals surface area contributed by atoms with Crippen LogP contribution < -0.4 is 5.32 Å². The van der Waals surface area contributed by atoms with Crippen LogP contribution in [0, 0.1) is 0 Å². The molecule has 0 aromatic carbocycles. The largest absolute Gasteiger partial charge is 0.454 e. The molecular weight excluding hydrogens is 1060 g/mol. The first-order valence-electron chi connectivity index (χ1n) is 33.6. The molecule has 8 unspecified atom stereocenters. The maximum Gasteiger partial charge on any atom is 0.306 e. The molecule has 11 heteroatoms. The van der Waals surface area contributed by atoms with Crippen molar-refractivity contribution in [2.24, 2.45) is 0 Å². The van der Waals surface area contributed by atoms with Gasteiger partial charge in [0.15, 0.2) is 12.4 Å². The fourth-order valence-electron chi connectivity index (χ4n) is 9.50. The third-order valence-electron chi connectivity index (χ3n) is 14.7. The van der Waals surface area contributed by atoms with Gasteiger partial charge in [0, 0.05) is 6.42 Å². The third kappa shape index (κ3) is 47.3. The molecule has 482 valence electrons. The van der Waals surface area contributed by atoms with Gasteiger partial charge in [-0.1, -0.05) is 263 Å². The summed E-state index contributed by atoms with van der Waals surface area (Å²) in [6.45, 7) is 5.52. The van der Waals surface area contributed by atoms with Crippen molar-refractivity contribution in [2.75, 3.05) is 13.2 Å². The number of carbonyl (C=O) groups is 2. The summed E-state index contributed by atoms with van der Waals surface area (Å²) in [5, 5.41) is 57.1. The number of ether oxygens (including phenoxy) is 3. The summed E-state index contributed by atoms with van der Waals surface area (Å²) >= 11 is 0. The molecule has 1 rings (SSSR count). The number of esters is 1. The predicted molar refractivity (Wildman–Crippen MR) is 356 cm³/mol. The molecule has 1 aliphatic heterocycles. The highest BCUT2D eigenvalue weighted by Crippen LogP contribution is 2.26. The lowest BCUT2D eigenvalue weighted by Gasteiger charge is -2.41. The third-order valence-corrected chi connectivity index (χ3v) is 14.7. The molecule has 8 atom stereocenters. The molecule has 11 nitrogen and oxygen atoms in total.